The molecule has 0 atom stereocenters. The van der Waals surface area contributed by atoms with Gasteiger partial charge in [0, 0.05) is 0 Å². The average molecular weight is 367 g/mol. The van der Waals surface area contributed by atoms with Gasteiger partial charge in [-0.2, -0.15) is 0 Å². The molecule has 0 aliphatic rings. The van der Waals surface area contributed by atoms with Gasteiger partial charge in [0.05, 0.1) is 0 Å². The van der Waals surface area contributed by atoms with Crippen molar-refractivity contribution in [1.29, 1.82) is 0 Å². The molecule has 0 N–H and O–H groups in total. The quantitative estimate of drug-likeness (QED) is 0.488. The van der Waals surface area contributed by atoms with E-state index in [0.29, 0.717) is 16.2 Å². The Labute approximate surface area is 169 Å². The van der Waals surface area contributed by atoms with E-state index in [9.17, 15) is 0 Å². The fraction of sp³-hybridized carbons (Fsp3) is 0.769. The monoisotopic (exact) mass is 366 g/mol. The first-order chi connectivity index (χ1) is 11.2. The molecule has 0 aliphatic heterocycles. The van der Waals surface area contributed by atoms with E-state index in [1.54, 1.807) is 0 Å². The molecule has 1 rings (SSSR count). The Morgan fingerprint density at radius 1 is 0.615 bits per heavy atom. The van der Waals surface area contributed by atoms with Gasteiger partial charge in [-0.05, 0) is 41.2 Å². The molecular weight excluding hydrogens is 312 g/mol. The van der Waals surface area contributed by atoms with E-state index in [1.807, 2.05) is 13.8 Å². The normalized spacial score (nSPS) is 10.7. The van der Waals surface area contributed by atoms with Crippen LogP contribution in [0.2, 0.25) is 0 Å². The van der Waals surface area contributed by atoms with Crippen molar-refractivity contribution in [3.63, 3.8) is 0 Å². The van der Waals surface area contributed by atoms with Gasteiger partial charge in [-0.3, -0.25) is 0 Å². The van der Waals surface area contributed by atoms with E-state index in [-0.39, 0.29) is 7.43 Å². The molecule has 26 heavy (non-hydrogen) atoms. The Kier molecular flexibility index (Phi) is 19.3. The van der Waals surface area contributed by atoms with Crippen molar-refractivity contribution in [2.45, 2.75) is 117 Å². The summed E-state index contributed by atoms with van der Waals surface area (Å²) in [6.07, 6.45) is 2.59. The zero-order valence-corrected chi connectivity index (χ0v) is 20.2. The Morgan fingerprint density at radius 3 is 0.923 bits per heavy atom. The number of hydrogen-bond donors (Lipinski definition) is 0. The van der Waals surface area contributed by atoms with Crippen molar-refractivity contribution in [2.75, 3.05) is 0 Å². The molecule has 1 aromatic rings. The van der Waals surface area contributed by atoms with Gasteiger partial charge in [0.1, 0.15) is 0 Å². The molecule has 0 aromatic heterocycles. The van der Waals surface area contributed by atoms with Crippen LogP contribution in [0.1, 0.15) is 114 Å². The molecule has 0 heteroatoms. The van der Waals surface area contributed by atoms with Crippen LogP contribution >= 0.6 is 0 Å². The maximum absolute atomic E-state index is 2.30. The maximum atomic E-state index is 2.30. The largest absolute Gasteiger partial charge is 0.0776 e. The molecular formula is C26H54. The van der Waals surface area contributed by atoms with Gasteiger partial charge in [0.15, 0.2) is 0 Å². The summed E-state index contributed by atoms with van der Waals surface area (Å²) in [4.78, 5) is 0. The highest BCUT2D eigenvalue weighted by molar-refractivity contribution is 5.23. The summed E-state index contributed by atoms with van der Waals surface area (Å²) in [6, 6.07) is 8.36. The summed E-state index contributed by atoms with van der Waals surface area (Å²) in [5.74, 6) is 0. The second-order valence-electron chi connectivity index (χ2n) is 9.46. The standard InChI is InChI=1S/C8H10.C8H18.C7H16.C2H6.CH4/c1-7-5-3-4-6-8(7)2;1-7(2,3)8(4,5)6;1-5-7(3,4)6-2;1-2;/h3-6H,1-2H3;1-6H3;5-6H2,1-4H3;1-2H3;1H4. The third kappa shape index (κ3) is 18.0. The average Bonchev–Trinajstić information content (AvgIpc) is 2.51. The van der Waals surface area contributed by atoms with Crippen LogP contribution in [-0.4, -0.2) is 0 Å². The third-order valence-corrected chi connectivity index (χ3v) is 5.59. The molecule has 0 fully saturated rings. The molecule has 0 saturated heterocycles. The minimum atomic E-state index is 0. The highest BCUT2D eigenvalue weighted by Crippen LogP contribution is 2.36. The van der Waals surface area contributed by atoms with Gasteiger partial charge in [-0.1, -0.05) is 128 Å². The molecule has 0 amide bonds. The first kappa shape index (κ1) is 32.9. The highest BCUT2D eigenvalue weighted by atomic mass is 14.3. The lowest BCUT2D eigenvalue weighted by molar-refractivity contribution is 0.157. The van der Waals surface area contributed by atoms with Crippen molar-refractivity contribution in [2.24, 2.45) is 16.2 Å². The Balaban J connectivity index is -0.000000131. The highest BCUT2D eigenvalue weighted by Gasteiger charge is 2.26. The van der Waals surface area contributed by atoms with E-state index < -0.39 is 0 Å². The Morgan fingerprint density at radius 2 is 0.846 bits per heavy atom. The van der Waals surface area contributed by atoms with Gasteiger partial charge in [0.25, 0.3) is 0 Å². The van der Waals surface area contributed by atoms with Gasteiger partial charge >= 0.3 is 0 Å². The minimum Gasteiger partial charge on any atom is -0.0776 e. The maximum Gasteiger partial charge on any atom is -0.0334 e. The molecule has 0 unspecified atom stereocenters. The molecule has 0 bridgehead atoms. The van der Waals surface area contributed by atoms with Crippen LogP contribution in [0.3, 0.4) is 0 Å². The van der Waals surface area contributed by atoms with Crippen molar-refractivity contribution in [1.82, 2.24) is 0 Å². The lowest BCUT2D eigenvalue weighted by Gasteiger charge is -2.34. The van der Waals surface area contributed by atoms with Crippen molar-refractivity contribution >= 4 is 0 Å². The molecule has 158 valence electrons. The fourth-order valence-electron chi connectivity index (χ4n) is 0.913. The van der Waals surface area contributed by atoms with E-state index >= 15 is 0 Å². The number of rotatable bonds is 2. The SMILES string of the molecule is C.CC.CC(C)(C)C(C)(C)C.CCC(C)(C)CC.Cc1ccccc1C. The molecule has 0 nitrogen and oxygen atoms in total. The van der Waals surface area contributed by atoms with Crippen LogP contribution < -0.4 is 0 Å². The van der Waals surface area contributed by atoms with Crippen LogP contribution in [0.5, 0.6) is 0 Å². The fourth-order valence-corrected chi connectivity index (χ4v) is 0.913. The Bertz CT molecular complexity index is 371. The van der Waals surface area contributed by atoms with Crippen molar-refractivity contribution < 1.29 is 0 Å². The van der Waals surface area contributed by atoms with Crippen molar-refractivity contribution in [3.05, 3.63) is 35.4 Å². The summed E-state index contributed by atoms with van der Waals surface area (Å²) in [5, 5.41) is 0. The van der Waals surface area contributed by atoms with E-state index in [4.69, 9.17) is 0 Å². The van der Waals surface area contributed by atoms with Gasteiger partial charge in [-0.25, -0.2) is 0 Å². The van der Waals surface area contributed by atoms with Crippen LogP contribution in [-0.2, 0) is 0 Å². The molecule has 0 saturated carbocycles. The number of hydrogen-bond acceptors (Lipinski definition) is 0. The second kappa shape index (κ2) is 15.3. The Hall–Kier alpha value is -0.780. The zero-order valence-electron chi connectivity index (χ0n) is 20.2. The lowest BCUT2D eigenvalue weighted by atomic mass is 9.71. The van der Waals surface area contributed by atoms with Gasteiger partial charge < -0.3 is 0 Å². The molecule has 0 radical (unpaired) electrons. The van der Waals surface area contributed by atoms with Crippen LogP contribution in [0.15, 0.2) is 24.3 Å². The number of benzene rings is 1. The van der Waals surface area contributed by atoms with E-state index in [2.05, 4.69) is 107 Å². The third-order valence-electron chi connectivity index (χ3n) is 5.59. The smallest absolute Gasteiger partial charge is 0.0334 e. The minimum absolute atomic E-state index is 0. The summed E-state index contributed by atoms with van der Waals surface area (Å²) < 4.78 is 0. The van der Waals surface area contributed by atoms with Gasteiger partial charge in [0.2, 0.25) is 0 Å². The summed E-state index contributed by atoms with van der Waals surface area (Å²) in [6.45, 7) is 30.9. The van der Waals surface area contributed by atoms with E-state index in [0.717, 1.165) is 0 Å². The van der Waals surface area contributed by atoms with Crippen LogP contribution in [0.4, 0.5) is 0 Å². The van der Waals surface area contributed by atoms with Crippen molar-refractivity contribution in [3.8, 4) is 0 Å². The predicted octanol–water partition coefficient (Wildman–Crippen LogP) is 9.88. The van der Waals surface area contributed by atoms with E-state index in [1.165, 1.54) is 24.0 Å². The predicted molar refractivity (Wildman–Crippen MR) is 127 cm³/mol. The molecule has 1 aromatic carbocycles. The van der Waals surface area contributed by atoms with Gasteiger partial charge in [-0.15, -0.1) is 0 Å². The lowest BCUT2D eigenvalue weighted by Crippen LogP contribution is -2.25. The van der Waals surface area contributed by atoms with Crippen LogP contribution in [0.25, 0.3) is 0 Å². The van der Waals surface area contributed by atoms with Crippen LogP contribution in [0, 0.1) is 30.1 Å². The topological polar surface area (TPSA) is 0 Å². The summed E-state index contributed by atoms with van der Waals surface area (Å²) >= 11 is 0. The second-order valence-corrected chi connectivity index (χ2v) is 9.46. The zero-order chi connectivity index (χ0) is 20.9. The molecule has 0 aliphatic carbocycles. The first-order valence-corrected chi connectivity index (χ1v) is 10.2. The summed E-state index contributed by atoms with van der Waals surface area (Å²) in [5.41, 5.74) is 4.19. The number of aryl methyl sites for hydroxylation is 2. The summed E-state index contributed by atoms with van der Waals surface area (Å²) in [7, 11) is 0. The molecule has 0 spiro atoms. The first-order valence-electron chi connectivity index (χ1n) is 10.2. The molecule has 0 heterocycles.